The number of rotatable bonds is 5. The average molecular weight is 415 g/mol. The minimum absolute atomic E-state index is 0.184. The Kier molecular flexibility index (Phi) is 5.54. The fraction of sp³-hybridized carbons (Fsp3) is 0.160. The summed E-state index contributed by atoms with van der Waals surface area (Å²) >= 11 is 0. The summed E-state index contributed by atoms with van der Waals surface area (Å²) in [5.74, 6) is -0.825. The van der Waals surface area contributed by atoms with Gasteiger partial charge in [0.25, 0.3) is 5.56 Å². The summed E-state index contributed by atoms with van der Waals surface area (Å²) in [5, 5.41) is 2.05. The molecule has 1 aromatic heterocycles. The van der Waals surface area contributed by atoms with Gasteiger partial charge in [0.15, 0.2) is 0 Å². The quantitative estimate of drug-likeness (QED) is 0.354. The van der Waals surface area contributed by atoms with Gasteiger partial charge in [-0.3, -0.25) is 9.36 Å². The summed E-state index contributed by atoms with van der Waals surface area (Å²) in [6, 6.07) is 19.1. The zero-order chi connectivity index (χ0) is 22.0. The van der Waals surface area contributed by atoms with Crippen LogP contribution in [-0.2, 0) is 9.47 Å². The molecule has 0 saturated carbocycles. The maximum Gasteiger partial charge on any atom is 0.338 e. The van der Waals surface area contributed by atoms with Crippen LogP contribution in [0.5, 0.6) is 0 Å². The molecule has 0 aliphatic heterocycles. The van der Waals surface area contributed by atoms with Crippen molar-refractivity contribution in [1.29, 1.82) is 0 Å². The van der Waals surface area contributed by atoms with E-state index in [0.717, 1.165) is 10.8 Å². The first-order valence-electron chi connectivity index (χ1n) is 10.1. The fourth-order valence-corrected chi connectivity index (χ4v) is 3.64. The van der Waals surface area contributed by atoms with Gasteiger partial charge in [-0.2, -0.15) is 0 Å². The molecule has 0 N–H and O–H groups in total. The lowest BCUT2D eigenvalue weighted by atomic mass is 10.0. The van der Waals surface area contributed by atoms with Gasteiger partial charge in [-0.25, -0.2) is 9.59 Å². The molecule has 0 fully saturated rings. The molecule has 4 rings (SSSR count). The molecule has 4 aromatic rings. The maximum atomic E-state index is 13.4. The van der Waals surface area contributed by atoms with Crippen LogP contribution in [0.25, 0.3) is 27.4 Å². The second-order valence-corrected chi connectivity index (χ2v) is 6.91. The first-order chi connectivity index (χ1) is 15.0. The second-order valence-electron chi connectivity index (χ2n) is 6.91. The lowest BCUT2D eigenvalue weighted by molar-refractivity contribution is 0.0517. The molecule has 1 heterocycles. The highest BCUT2D eigenvalue weighted by Crippen LogP contribution is 2.26. The number of hydrogen-bond acceptors (Lipinski definition) is 5. The van der Waals surface area contributed by atoms with Crippen LogP contribution in [0.4, 0.5) is 0 Å². The molecule has 0 atom stereocenters. The van der Waals surface area contributed by atoms with E-state index in [9.17, 15) is 14.4 Å². The van der Waals surface area contributed by atoms with Gasteiger partial charge in [0.2, 0.25) is 0 Å². The van der Waals surface area contributed by atoms with Crippen molar-refractivity contribution in [3.63, 3.8) is 0 Å². The van der Waals surface area contributed by atoms with Gasteiger partial charge in [-0.05, 0) is 67.8 Å². The second kappa shape index (κ2) is 8.44. The number of esters is 2. The van der Waals surface area contributed by atoms with Crippen molar-refractivity contribution in [3.05, 3.63) is 88.2 Å². The van der Waals surface area contributed by atoms with Crippen LogP contribution in [0.3, 0.4) is 0 Å². The van der Waals surface area contributed by atoms with E-state index < -0.39 is 11.9 Å². The van der Waals surface area contributed by atoms with E-state index in [1.54, 1.807) is 73.0 Å². The molecule has 31 heavy (non-hydrogen) atoms. The van der Waals surface area contributed by atoms with Gasteiger partial charge >= 0.3 is 11.9 Å². The predicted octanol–water partition coefficient (Wildman–Crippen LogP) is 4.50. The Morgan fingerprint density at radius 1 is 0.742 bits per heavy atom. The Balaban J connectivity index is 1.96. The highest BCUT2D eigenvalue weighted by atomic mass is 16.5. The summed E-state index contributed by atoms with van der Waals surface area (Å²) in [4.78, 5) is 37.6. The molecule has 6 nitrogen and oxygen atoms in total. The molecule has 0 amide bonds. The van der Waals surface area contributed by atoms with Gasteiger partial charge in [0.05, 0.1) is 29.9 Å². The number of nitrogens with zero attached hydrogens (tertiary/aromatic N) is 1. The maximum absolute atomic E-state index is 13.4. The first-order valence-corrected chi connectivity index (χ1v) is 10.1. The fourth-order valence-electron chi connectivity index (χ4n) is 3.64. The predicted molar refractivity (Wildman–Crippen MR) is 119 cm³/mol. The van der Waals surface area contributed by atoms with E-state index in [-0.39, 0.29) is 18.8 Å². The number of carbonyl (C=O) groups is 2. The van der Waals surface area contributed by atoms with E-state index in [1.165, 1.54) is 0 Å². The van der Waals surface area contributed by atoms with E-state index in [1.807, 2.05) is 12.1 Å². The Morgan fingerprint density at radius 3 is 1.97 bits per heavy atom. The van der Waals surface area contributed by atoms with Crippen molar-refractivity contribution in [2.45, 2.75) is 13.8 Å². The summed E-state index contributed by atoms with van der Waals surface area (Å²) < 4.78 is 11.7. The third-order valence-corrected chi connectivity index (χ3v) is 5.04. The van der Waals surface area contributed by atoms with Crippen molar-refractivity contribution in [2.24, 2.45) is 0 Å². The Hall–Kier alpha value is -3.93. The molecule has 156 valence electrons. The van der Waals surface area contributed by atoms with Gasteiger partial charge < -0.3 is 9.47 Å². The third kappa shape index (κ3) is 3.68. The molecule has 0 unspecified atom stereocenters. The van der Waals surface area contributed by atoms with Gasteiger partial charge in [0, 0.05) is 16.5 Å². The molecular weight excluding hydrogens is 394 g/mol. The zero-order valence-electron chi connectivity index (χ0n) is 17.3. The summed E-state index contributed by atoms with van der Waals surface area (Å²) in [6.07, 6.45) is 0. The number of hydrogen-bond donors (Lipinski definition) is 0. The highest BCUT2D eigenvalue weighted by molar-refractivity contribution is 6.08. The normalized spacial score (nSPS) is 10.9. The number of pyridine rings is 1. The molecule has 6 heteroatoms. The van der Waals surface area contributed by atoms with Crippen molar-refractivity contribution < 1.29 is 19.1 Å². The van der Waals surface area contributed by atoms with Crippen LogP contribution in [0.1, 0.15) is 34.6 Å². The molecule has 0 aliphatic carbocycles. The number of aromatic nitrogens is 1. The van der Waals surface area contributed by atoms with E-state index in [2.05, 4.69) is 0 Å². The highest BCUT2D eigenvalue weighted by Gasteiger charge is 2.15. The SMILES string of the molecule is CCOC(=O)c1ccc(-n2c(=O)c3ccccc3c3cc(C(=O)OCC)ccc32)cc1. The van der Waals surface area contributed by atoms with Gasteiger partial charge in [0.1, 0.15) is 0 Å². The average Bonchev–Trinajstić information content (AvgIpc) is 2.80. The minimum atomic E-state index is -0.413. The monoisotopic (exact) mass is 415 g/mol. The van der Waals surface area contributed by atoms with E-state index in [0.29, 0.717) is 27.7 Å². The van der Waals surface area contributed by atoms with Crippen LogP contribution in [0.15, 0.2) is 71.5 Å². The zero-order valence-corrected chi connectivity index (χ0v) is 17.3. The summed E-state index contributed by atoms with van der Waals surface area (Å²) in [6.45, 7) is 4.08. The number of carbonyl (C=O) groups excluding carboxylic acids is 2. The number of fused-ring (bicyclic) bond motifs is 3. The van der Waals surface area contributed by atoms with Crippen LogP contribution in [0.2, 0.25) is 0 Å². The molecular formula is C25H21NO5. The van der Waals surface area contributed by atoms with Crippen LogP contribution < -0.4 is 5.56 Å². The molecule has 3 aromatic carbocycles. The van der Waals surface area contributed by atoms with E-state index in [4.69, 9.17) is 9.47 Å². The molecule has 0 saturated heterocycles. The topological polar surface area (TPSA) is 74.6 Å². The van der Waals surface area contributed by atoms with Crippen LogP contribution >= 0.6 is 0 Å². The van der Waals surface area contributed by atoms with Gasteiger partial charge in [-0.15, -0.1) is 0 Å². The molecule has 0 spiro atoms. The largest absolute Gasteiger partial charge is 0.462 e. The Morgan fingerprint density at radius 2 is 1.32 bits per heavy atom. The summed E-state index contributed by atoms with van der Waals surface area (Å²) in [7, 11) is 0. The smallest absolute Gasteiger partial charge is 0.338 e. The van der Waals surface area contributed by atoms with Crippen molar-refractivity contribution in [2.75, 3.05) is 13.2 Å². The number of ether oxygens (including phenoxy) is 2. The Labute approximate surface area is 178 Å². The van der Waals surface area contributed by atoms with Crippen LogP contribution in [-0.4, -0.2) is 29.7 Å². The van der Waals surface area contributed by atoms with Crippen molar-refractivity contribution >= 4 is 33.6 Å². The lowest BCUT2D eigenvalue weighted by Crippen LogP contribution is -2.19. The third-order valence-electron chi connectivity index (χ3n) is 5.04. The molecule has 0 bridgehead atoms. The minimum Gasteiger partial charge on any atom is -0.462 e. The standard InChI is InChI=1S/C25H21NO5/c1-3-30-24(28)16-9-12-18(13-10-16)26-22-14-11-17(25(29)31-4-2)15-21(22)19-7-5-6-8-20(19)23(26)27/h5-15H,3-4H2,1-2H3. The first kappa shape index (κ1) is 20.3. The van der Waals surface area contributed by atoms with Gasteiger partial charge in [-0.1, -0.05) is 18.2 Å². The molecule has 0 aliphatic rings. The summed E-state index contributed by atoms with van der Waals surface area (Å²) in [5.41, 5.74) is 1.91. The molecule has 0 radical (unpaired) electrons. The van der Waals surface area contributed by atoms with E-state index >= 15 is 0 Å². The lowest BCUT2D eigenvalue weighted by Gasteiger charge is -2.14. The Bertz CT molecular complexity index is 1350. The van der Waals surface area contributed by atoms with Crippen molar-refractivity contribution in [3.8, 4) is 5.69 Å². The van der Waals surface area contributed by atoms with Crippen molar-refractivity contribution in [1.82, 2.24) is 4.57 Å². The number of benzene rings is 3. The van der Waals surface area contributed by atoms with Crippen LogP contribution in [0, 0.1) is 0 Å².